The number of aromatic hydroxyl groups is 2. The molecule has 2 aliphatic heterocycles. The molecule has 1 saturated heterocycles. The molecule has 0 bridgehead atoms. The molecule has 1 fully saturated rings. The summed E-state index contributed by atoms with van der Waals surface area (Å²) in [7, 11) is -4.24. The Labute approximate surface area is 160 Å². The summed E-state index contributed by atoms with van der Waals surface area (Å²) in [6, 6.07) is 9.61. The second kappa shape index (κ2) is 6.74. The summed E-state index contributed by atoms with van der Waals surface area (Å²) in [6.45, 7) is -0.432. The van der Waals surface area contributed by atoms with Crippen LogP contribution in [0.3, 0.4) is 0 Å². The van der Waals surface area contributed by atoms with Crippen molar-refractivity contribution in [2.24, 2.45) is 10.1 Å². The molecule has 148 valence electrons. The molecule has 6 N–H and O–H groups in total. The zero-order valence-electron chi connectivity index (χ0n) is 14.4. The molecule has 1 atom stereocenters. The van der Waals surface area contributed by atoms with Crippen molar-refractivity contribution in [1.29, 1.82) is 0 Å². The number of nitrogens with zero attached hydrogens (tertiary/aromatic N) is 2. The largest absolute Gasteiger partial charge is 0.502 e. The second-order valence-corrected chi connectivity index (χ2v) is 7.26. The second-order valence-electron chi connectivity index (χ2n) is 6.04. The number of furan rings is 1. The molecule has 0 aliphatic carbocycles. The van der Waals surface area contributed by atoms with Crippen LogP contribution in [0.4, 0.5) is 5.88 Å². The molecule has 1 aromatic heterocycles. The molecule has 12 heteroatoms. The van der Waals surface area contributed by atoms with Crippen LogP contribution in [0.2, 0.25) is 0 Å². The highest BCUT2D eigenvalue weighted by atomic mass is 32.2. The minimum absolute atomic E-state index is 0.0792. The van der Waals surface area contributed by atoms with Gasteiger partial charge >= 0.3 is 10.3 Å². The summed E-state index contributed by atoms with van der Waals surface area (Å²) < 4.78 is 31.7. The van der Waals surface area contributed by atoms with Crippen molar-refractivity contribution in [3.05, 3.63) is 47.4 Å². The Morgan fingerprint density at radius 3 is 2.75 bits per heavy atom. The van der Waals surface area contributed by atoms with Crippen LogP contribution in [0.1, 0.15) is 11.3 Å². The summed E-state index contributed by atoms with van der Waals surface area (Å²) in [5.41, 5.74) is 2.51. The zero-order valence-corrected chi connectivity index (χ0v) is 15.2. The molecule has 0 radical (unpaired) electrons. The Morgan fingerprint density at radius 2 is 2.04 bits per heavy atom. The lowest BCUT2D eigenvalue weighted by Crippen LogP contribution is -2.32. The first-order chi connectivity index (χ1) is 13.3. The average molecular weight is 407 g/mol. The molecule has 3 heterocycles. The van der Waals surface area contributed by atoms with Gasteiger partial charge in [0, 0.05) is 0 Å². The Morgan fingerprint density at radius 1 is 1.29 bits per heavy atom. The monoisotopic (exact) mass is 407 g/mol. The Hall–Kier alpha value is -3.22. The third-order valence-electron chi connectivity index (χ3n) is 4.28. The van der Waals surface area contributed by atoms with E-state index in [2.05, 4.69) is 19.8 Å². The van der Waals surface area contributed by atoms with Gasteiger partial charge in [-0.3, -0.25) is 4.90 Å². The number of hydrogen-bond acceptors (Lipinski definition) is 10. The van der Waals surface area contributed by atoms with Gasteiger partial charge in [-0.25, -0.2) is 14.3 Å². The van der Waals surface area contributed by atoms with Gasteiger partial charge in [0.15, 0.2) is 11.9 Å². The highest BCUT2D eigenvalue weighted by Crippen LogP contribution is 2.44. The molecule has 4 rings (SSSR count). The maximum Gasteiger partial charge on any atom is 0.333 e. The van der Waals surface area contributed by atoms with Crippen LogP contribution in [0.15, 0.2) is 45.4 Å². The van der Waals surface area contributed by atoms with E-state index in [0.717, 1.165) is 17.0 Å². The van der Waals surface area contributed by atoms with E-state index in [9.17, 15) is 18.6 Å². The lowest BCUT2D eigenvalue weighted by molar-refractivity contribution is 0.266. The van der Waals surface area contributed by atoms with Crippen LogP contribution in [-0.2, 0) is 21.1 Å². The van der Waals surface area contributed by atoms with E-state index in [1.54, 1.807) is 4.90 Å². The SMILES string of the molecule is NS(=O)(=O)OCc1oc(N2CNC3=C(c4ccccc4)NC=N[C@@H]32)c(O)c1O. The predicted molar refractivity (Wildman–Crippen MR) is 99.2 cm³/mol. The minimum Gasteiger partial charge on any atom is -0.502 e. The first-order valence-electron chi connectivity index (χ1n) is 8.14. The van der Waals surface area contributed by atoms with Gasteiger partial charge in [0.1, 0.15) is 6.61 Å². The molecule has 2 aromatic rings. The van der Waals surface area contributed by atoms with Gasteiger partial charge < -0.3 is 25.3 Å². The number of anilines is 1. The topological polar surface area (TPSA) is 163 Å². The van der Waals surface area contributed by atoms with E-state index in [4.69, 9.17) is 9.56 Å². The number of benzene rings is 1. The molecule has 1 aromatic carbocycles. The Kier molecular flexibility index (Phi) is 4.37. The molecule has 0 unspecified atom stereocenters. The molecular weight excluding hydrogens is 390 g/mol. The fourth-order valence-corrected chi connectivity index (χ4v) is 3.30. The summed E-state index contributed by atoms with van der Waals surface area (Å²) in [4.78, 5) is 5.93. The van der Waals surface area contributed by atoms with E-state index in [1.165, 1.54) is 6.34 Å². The number of aliphatic imine (C=N–C) groups is 1. The van der Waals surface area contributed by atoms with Gasteiger partial charge in [-0.2, -0.15) is 8.42 Å². The van der Waals surface area contributed by atoms with Crippen molar-refractivity contribution in [3.63, 3.8) is 0 Å². The van der Waals surface area contributed by atoms with Crippen molar-refractivity contribution in [3.8, 4) is 11.5 Å². The molecule has 2 aliphatic rings. The molecule has 11 nitrogen and oxygen atoms in total. The van der Waals surface area contributed by atoms with Gasteiger partial charge in [0.05, 0.1) is 24.4 Å². The number of nitrogens with one attached hydrogen (secondary N) is 2. The Balaban J connectivity index is 1.66. The number of fused-ring (bicyclic) bond motifs is 1. The van der Waals surface area contributed by atoms with Crippen LogP contribution in [-0.4, -0.2) is 37.8 Å². The molecule has 0 amide bonds. The van der Waals surface area contributed by atoms with Gasteiger partial charge in [-0.05, 0) is 5.56 Å². The van der Waals surface area contributed by atoms with Gasteiger partial charge in [-0.15, -0.1) is 0 Å². The van der Waals surface area contributed by atoms with Crippen molar-refractivity contribution >= 4 is 28.2 Å². The molecule has 0 spiro atoms. The highest BCUT2D eigenvalue weighted by Gasteiger charge is 2.38. The minimum atomic E-state index is -4.24. The lowest BCUT2D eigenvalue weighted by atomic mass is 10.1. The summed E-state index contributed by atoms with van der Waals surface area (Å²) in [6.07, 6.45) is 0.987. The first kappa shape index (κ1) is 18.2. The quantitative estimate of drug-likeness (QED) is 0.463. The maximum atomic E-state index is 10.9. The van der Waals surface area contributed by atoms with Crippen molar-refractivity contribution in [2.75, 3.05) is 11.6 Å². The van der Waals surface area contributed by atoms with E-state index in [0.29, 0.717) is 0 Å². The van der Waals surface area contributed by atoms with Crippen LogP contribution >= 0.6 is 0 Å². The first-order valence-corrected chi connectivity index (χ1v) is 9.61. The summed E-state index contributed by atoms with van der Waals surface area (Å²) in [5, 5.41) is 31.4. The van der Waals surface area contributed by atoms with Crippen LogP contribution in [0.5, 0.6) is 11.5 Å². The van der Waals surface area contributed by atoms with E-state index >= 15 is 0 Å². The lowest BCUT2D eigenvalue weighted by Gasteiger charge is -2.24. The number of nitrogens with two attached hydrogens (primary N) is 1. The fraction of sp³-hybridized carbons (Fsp3) is 0.188. The third-order valence-corrected chi connectivity index (χ3v) is 4.72. The highest BCUT2D eigenvalue weighted by molar-refractivity contribution is 7.84. The maximum absolute atomic E-state index is 10.9. The summed E-state index contributed by atoms with van der Waals surface area (Å²) in [5.74, 6) is -1.53. The number of rotatable bonds is 5. The van der Waals surface area contributed by atoms with Crippen LogP contribution < -0.4 is 20.7 Å². The van der Waals surface area contributed by atoms with Gasteiger partial charge in [0.2, 0.25) is 17.4 Å². The fourth-order valence-electron chi connectivity index (χ4n) is 3.03. The van der Waals surface area contributed by atoms with Crippen molar-refractivity contribution in [1.82, 2.24) is 10.6 Å². The molecule has 28 heavy (non-hydrogen) atoms. The average Bonchev–Trinajstić information content (AvgIpc) is 3.22. The van der Waals surface area contributed by atoms with Gasteiger partial charge in [-0.1, -0.05) is 30.3 Å². The standard InChI is InChI=1S/C16H17N5O6S/c17-28(24,25)26-6-10-13(22)14(23)16(27-10)21-8-20-12-11(18-7-19-15(12)21)9-4-2-1-3-5-9/h1-5,7,15,20,22-23H,6,8H2,(H,18,19)(H2,17,24,25)/t15-/m1/s1. The van der Waals surface area contributed by atoms with E-state index < -0.39 is 34.6 Å². The van der Waals surface area contributed by atoms with Crippen molar-refractivity contribution in [2.45, 2.75) is 12.8 Å². The van der Waals surface area contributed by atoms with E-state index in [1.807, 2.05) is 30.3 Å². The summed E-state index contributed by atoms with van der Waals surface area (Å²) >= 11 is 0. The van der Waals surface area contributed by atoms with Gasteiger partial charge in [0.25, 0.3) is 0 Å². The van der Waals surface area contributed by atoms with Crippen molar-refractivity contribution < 1.29 is 27.2 Å². The molecular formula is C16H17N5O6S. The smallest absolute Gasteiger partial charge is 0.333 e. The van der Waals surface area contributed by atoms with Crippen LogP contribution in [0, 0.1) is 0 Å². The predicted octanol–water partition coefficient (Wildman–Crippen LogP) is 0.104. The van der Waals surface area contributed by atoms with Crippen LogP contribution in [0.25, 0.3) is 5.70 Å². The Bertz CT molecular complexity index is 1060. The van der Waals surface area contributed by atoms with E-state index in [-0.39, 0.29) is 18.3 Å². The molecule has 0 saturated carbocycles. The third kappa shape index (κ3) is 3.24. The zero-order chi connectivity index (χ0) is 19.9. The number of hydrogen-bond donors (Lipinski definition) is 5. The normalized spacial score (nSPS) is 18.8.